The summed E-state index contributed by atoms with van der Waals surface area (Å²) in [5.41, 5.74) is 0. The van der Waals surface area contributed by atoms with E-state index in [-0.39, 0.29) is 18.2 Å². The lowest BCUT2D eigenvalue weighted by Crippen LogP contribution is -2.52. The maximum Gasteiger partial charge on any atom is 0.258 e. The lowest BCUT2D eigenvalue weighted by atomic mass is 10.1. The number of carbonyl (C=O) groups is 3. The SMILES string of the molecule is C/C=C(\S/C(=C/CC)COC)C(=O)NC1CCC(=O)NC1=O. The number of hydrogen-bond acceptors (Lipinski definition) is 5. The maximum absolute atomic E-state index is 12.3. The van der Waals surface area contributed by atoms with E-state index in [0.29, 0.717) is 17.9 Å². The van der Waals surface area contributed by atoms with Crippen LogP contribution < -0.4 is 10.6 Å². The highest BCUT2D eigenvalue weighted by molar-refractivity contribution is 8.07. The van der Waals surface area contributed by atoms with E-state index in [2.05, 4.69) is 10.6 Å². The second-order valence-electron chi connectivity index (χ2n) is 4.74. The molecule has 0 aromatic carbocycles. The predicted octanol–water partition coefficient (Wildman–Crippen LogP) is 1.49. The molecule has 122 valence electrons. The van der Waals surface area contributed by atoms with Gasteiger partial charge in [0.05, 0.1) is 11.5 Å². The molecular formula is C15H22N2O4S. The molecule has 0 saturated carbocycles. The molecule has 1 aliphatic rings. The lowest BCUT2D eigenvalue weighted by molar-refractivity contribution is -0.136. The first-order valence-corrected chi connectivity index (χ1v) is 8.00. The molecule has 0 spiro atoms. The fourth-order valence-corrected chi connectivity index (χ4v) is 2.92. The van der Waals surface area contributed by atoms with Gasteiger partial charge >= 0.3 is 0 Å². The number of amides is 3. The standard InChI is InChI=1S/C15H22N2O4S/c1-4-6-10(9-21-3)22-12(5-2)15(20)16-11-7-8-13(18)17-14(11)19/h5-6,11H,4,7-9H2,1-3H3,(H,16,20)(H,17,18,19)/b10-6+,12-5-. The van der Waals surface area contributed by atoms with Crippen LogP contribution in [-0.4, -0.2) is 37.5 Å². The zero-order valence-electron chi connectivity index (χ0n) is 13.1. The van der Waals surface area contributed by atoms with Crippen molar-refractivity contribution in [1.82, 2.24) is 10.6 Å². The predicted molar refractivity (Wildman–Crippen MR) is 85.9 cm³/mol. The lowest BCUT2D eigenvalue weighted by Gasteiger charge is -2.22. The largest absolute Gasteiger partial charge is 0.379 e. The normalized spacial score (nSPS) is 19.9. The molecule has 2 N–H and O–H groups in total. The van der Waals surface area contributed by atoms with Crippen molar-refractivity contribution < 1.29 is 19.1 Å². The summed E-state index contributed by atoms with van der Waals surface area (Å²) in [4.78, 5) is 36.5. The van der Waals surface area contributed by atoms with Crippen molar-refractivity contribution in [1.29, 1.82) is 0 Å². The number of rotatable bonds is 7. The van der Waals surface area contributed by atoms with Gasteiger partial charge in [-0.2, -0.15) is 0 Å². The molecule has 7 heteroatoms. The van der Waals surface area contributed by atoms with E-state index in [9.17, 15) is 14.4 Å². The number of methoxy groups -OCH3 is 1. The van der Waals surface area contributed by atoms with Crippen LogP contribution in [0.1, 0.15) is 33.1 Å². The molecule has 1 heterocycles. The highest BCUT2D eigenvalue weighted by atomic mass is 32.2. The molecule has 0 aromatic heterocycles. The monoisotopic (exact) mass is 326 g/mol. The highest BCUT2D eigenvalue weighted by Crippen LogP contribution is 2.26. The van der Waals surface area contributed by atoms with Crippen LogP contribution in [0.25, 0.3) is 0 Å². The number of ether oxygens (including phenoxy) is 1. The van der Waals surface area contributed by atoms with Gasteiger partial charge in [0.2, 0.25) is 11.8 Å². The molecule has 0 aliphatic carbocycles. The Morgan fingerprint density at radius 3 is 2.77 bits per heavy atom. The molecule has 1 fully saturated rings. The molecule has 0 bridgehead atoms. The Labute approximate surface area is 134 Å². The summed E-state index contributed by atoms with van der Waals surface area (Å²) >= 11 is 1.32. The smallest absolute Gasteiger partial charge is 0.258 e. The van der Waals surface area contributed by atoms with Gasteiger partial charge < -0.3 is 10.1 Å². The van der Waals surface area contributed by atoms with Gasteiger partial charge in [0.1, 0.15) is 6.04 Å². The third-order valence-corrected chi connectivity index (χ3v) is 4.18. The van der Waals surface area contributed by atoms with Gasteiger partial charge in [0.15, 0.2) is 0 Å². The van der Waals surface area contributed by atoms with Crippen molar-refractivity contribution in [2.45, 2.75) is 39.2 Å². The van der Waals surface area contributed by atoms with Gasteiger partial charge in [-0.05, 0) is 19.8 Å². The van der Waals surface area contributed by atoms with Crippen LogP contribution in [0.2, 0.25) is 0 Å². The number of allylic oxidation sites excluding steroid dienone is 2. The number of imide groups is 1. The number of piperidine rings is 1. The van der Waals surface area contributed by atoms with Crippen LogP contribution in [0.15, 0.2) is 22.0 Å². The molecule has 1 atom stereocenters. The molecule has 1 rings (SSSR count). The zero-order chi connectivity index (χ0) is 16.5. The summed E-state index contributed by atoms with van der Waals surface area (Å²) in [6.07, 6.45) is 5.10. The van der Waals surface area contributed by atoms with Crippen molar-refractivity contribution >= 4 is 29.5 Å². The van der Waals surface area contributed by atoms with Gasteiger partial charge in [0, 0.05) is 18.4 Å². The van der Waals surface area contributed by atoms with Crippen molar-refractivity contribution in [2.24, 2.45) is 0 Å². The second kappa shape index (κ2) is 9.42. The fraction of sp³-hybridized carbons (Fsp3) is 0.533. The van der Waals surface area contributed by atoms with Gasteiger partial charge in [-0.3, -0.25) is 19.7 Å². The summed E-state index contributed by atoms with van der Waals surface area (Å²) in [5, 5.41) is 4.89. The number of thioether (sulfide) groups is 1. The minimum Gasteiger partial charge on any atom is -0.379 e. The summed E-state index contributed by atoms with van der Waals surface area (Å²) in [7, 11) is 1.60. The first-order chi connectivity index (χ1) is 10.5. The molecule has 1 aliphatic heterocycles. The summed E-state index contributed by atoms with van der Waals surface area (Å²) in [6.45, 7) is 4.21. The Balaban J connectivity index is 2.67. The Morgan fingerprint density at radius 1 is 1.50 bits per heavy atom. The average Bonchev–Trinajstić information content (AvgIpc) is 2.47. The molecular weight excluding hydrogens is 304 g/mol. The second-order valence-corrected chi connectivity index (χ2v) is 5.91. The van der Waals surface area contributed by atoms with E-state index in [1.807, 2.05) is 13.0 Å². The van der Waals surface area contributed by atoms with Crippen molar-refractivity contribution in [2.75, 3.05) is 13.7 Å². The topological polar surface area (TPSA) is 84.5 Å². The van der Waals surface area contributed by atoms with E-state index < -0.39 is 11.9 Å². The Hall–Kier alpha value is -1.60. The Kier molecular flexibility index (Phi) is 7.90. The average molecular weight is 326 g/mol. The minimum absolute atomic E-state index is 0.236. The molecule has 0 radical (unpaired) electrons. The van der Waals surface area contributed by atoms with Gasteiger partial charge in [-0.1, -0.05) is 30.8 Å². The first-order valence-electron chi connectivity index (χ1n) is 7.18. The van der Waals surface area contributed by atoms with Gasteiger partial charge in [-0.25, -0.2) is 0 Å². The van der Waals surface area contributed by atoms with Crippen LogP contribution in [0, 0.1) is 0 Å². The van der Waals surface area contributed by atoms with E-state index in [1.54, 1.807) is 20.1 Å². The number of carbonyl (C=O) groups excluding carboxylic acids is 3. The Bertz CT molecular complexity index is 500. The van der Waals surface area contributed by atoms with E-state index >= 15 is 0 Å². The summed E-state index contributed by atoms with van der Waals surface area (Å²) in [6, 6.07) is -0.665. The van der Waals surface area contributed by atoms with Gasteiger partial charge in [0.25, 0.3) is 5.91 Å². The van der Waals surface area contributed by atoms with Crippen LogP contribution in [0.4, 0.5) is 0 Å². The maximum atomic E-state index is 12.3. The van der Waals surface area contributed by atoms with E-state index in [0.717, 1.165) is 11.3 Å². The first kappa shape index (κ1) is 18.4. The minimum atomic E-state index is -0.665. The zero-order valence-corrected chi connectivity index (χ0v) is 13.9. The summed E-state index contributed by atoms with van der Waals surface area (Å²) in [5.74, 6) is -1.07. The van der Waals surface area contributed by atoms with E-state index in [1.165, 1.54) is 11.8 Å². The molecule has 3 amide bonds. The Morgan fingerprint density at radius 2 is 2.23 bits per heavy atom. The molecule has 1 saturated heterocycles. The van der Waals surface area contributed by atoms with Crippen LogP contribution in [0.3, 0.4) is 0 Å². The summed E-state index contributed by atoms with van der Waals surface area (Å²) < 4.78 is 5.11. The number of hydrogen-bond donors (Lipinski definition) is 2. The van der Waals surface area contributed by atoms with Crippen LogP contribution >= 0.6 is 11.8 Å². The van der Waals surface area contributed by atoms with Crippen LogP contribution in [0.5, 0.6) is 0 Å². The van der Waals surface area contributed by atoms with Gasteiger partial charge in [-0.15, -0.1) is 0 Å². The highest BCUT2D eigenvalue weighted by Gasteiger charge is 2.28. The third-order valence-electron chi connectivity index (χ3n) is 2.99. The fourth-order valence-electron chi connectivity index (χ4n) is 1.94. The third kappa shape index (κ3) is 5.65. The van der Waals surface area contributed by atoms with E-state index in [4.69, 9.17) is 4.74 Å². The van der Waals surface area contributed by atoms with Crippen LogP contribution in [-0.2, 0) is 19.1 Å². The van der Waals surface area contributed by atoms with Crippen molar-refractivity contribution in [3.05, 3.63) is 22.0 Å². The molecule has 6 nitrogen and oxygen atoms in total. The molecule has 22 heavy (non-hydrogen) atoms. The van der Waals surface area contributed by atoms with Crippen molar-refractivity contribution in [3.8, 4) is 0 Å². The molecule has 1 unspecified atom stereocenters. The van der Waals surface area contributed by atoms with Crippen molar-refractivity contribution in [3.63, 3.8) is 0 Å². The number of nitrogens with one attached hydrogen (secondary N) is 2. The quantitative estimate of drug-likeness (QED) is 0.547. The molecule has 0 aromatic rings.